The van der Waals surface area contributed by atoms with Gasteiger partial charge in [-0.25, -0.2) is 10.0 Å². The Kier molecular flexibility index (Phi) is 5.48. The van der Waals surface area contributed by atoms with Crippen LogP contribution in [0.25, 0.3) is 0 Å². The van der Waals surface area contributed by atoms with Gasteiger partial charge < -0.3 is 10.4 Å². The molecule has 9 heteroatoms. The normalized spacial score (nSPS) is 18.5. The Morgan fingerprint density at radius 2 is 2.00 bits per heavy atom. The third kappa shape index (κ3) is 4.17. The zero-order valence-corrected chi connectivity index (χ0v) is 15.3. The molecule has 0 bridgehead atoms. The molecule has 0 aromatic heterocycles. The van der Waals surface area contributed by atoms with Crippen LogP contribution in [0.5, 0.6) is 0 Å². The highest BCUT2D eigenvalue weighted by atomic mass is 32.2. The van der Waals surface area contributed by atoms with Crippen molar-refractivity contribution in [2.75, 3.05) is 24.2 Å². The number of carbonyl (C=O) groups excluding carboxylic acids is 2. The lowest BCUT2D eigenvalue weighted by Crippen LogP contribution is -2.35. The molecule has 2 heterocycles. The van der Waals surface area contributed by atoms with Crippen molar-refractivity contribution in [2.45, 2.75) is 13.8 Å². The summed E-state index contributed by atoms with van der Waals surface area (Å²) in [5.74, 6) is -0.642. The summed E-state index contributed by atoms with van der Waals surface area (Å²) in [5.41, 5.74) is 2.87. The van der Waals surface area contributed by atoms with Crippen molar-refractivity contribution in [3.8, 4) is 0 Å². The second kappa shape index (κ2) is 7.79. The van der Waals surface area contributed by atoms with Gasteiger partial charge in [0, 0.05) is 11.9 Å². The Morgan fingerprint density at radius 3 is 2.69 bits per heavy atom. The number of carbonyl (C=O) groups is 2. The van der Waals surface area contributed by atoms with Gasteiger partial charge in [-0.05, 0) is 37.1 Å². The molecule has 2 aliphatic heterocycles. The number of nitrogens with zero attached hydrogens (tertiary/aromatic N) is 4. The Hall–Kier alpha value is -2.52. The quantitative estimate of drug-likeness (QED) is 0.806. The molecule has 8 nitrogen and oxygen atoms in total. The van der Waals surface area contributed by atoms with Gasteiger partial charge in [-0.3, -0.25) is 9.59 Å². The summed E-state index contributed by atoms with van der Waals surface area (Å²) in [6.45, 7) is 4.08. The van der Waals surface area contributed by atoms with Crippen LogP contribution in [0.4, 0.5) is 5.69 Å². The van der Waals surface area contributed by atoms with Gasteiger partial charge in [0.2, 0.25) is 5.91 Å². The first-order chi connectivity index (χ1) is 12.5. The van der Waals surface area contributed by atoms with E-state index in [0.29, 0.717) is 5.84 Å². The second-order valence-corrected chi connectivity index (χ2v) is 6.95. The maximum absolute atomic E-state index is 12.2. The molecule has 1 aromatic rings. The highest BCUT2D eigenvalue weighted by Crippen LogP contribution is 2.21. The molecule has 0 spiro atoms. The molecule has 2 amide bonds. The molecule has 0 saturated carbocycles. The number of fused-ring (bicyclic) bond motifs is 1. The minimum absolute atomic E-state index is 0.0847. The topological polar surface area (TPSA) is 107 Å². The lowest BCUT2D eigenvalue weighted by Gasteiger charge is -2.19. The highest BCUT2D eigenvalue weighted by molar-refractivity contribution is 8.14. The number of amidine groups is 2. The smallest absolute Gasteiger partial charge is 0.264 e. The molecule has 1 aromatic carbocycles. The molecule has 3 rings (SSSR count). The van der Waals surface area contributed by atoms with E-state index in [-0.39, 0.29) is 35.9 Å². The number of aliphatic hydroxyl groups is 1. The largest absolute Gasteiger partial charge is 0.394 e. The number of hydrogen-bond donors (Lipinski definition) is 2. The van der Waals surface area contributed by atoms with Gasteiger partial charge in [0.05, 0.1) is 18.9 Å². The number of anilines is 1. The predicted octanol–water partition coefficient (Wildman–Crippen LogP) is 1.18. The van der Waals surface area contributed by atoms with Gasteiger partial charge in [0.25, 0.3) is 5.91 Å². The second-order valence-electron chi connectivity index (χ2n) is 6.00. The number of aliphatic imine (C=N–C) groups is 2. The van der Waals surface area contributed by atoms with Gasteiger partial charge in [0.1, 0.15) is 11.8 Å². The lowest BCUT2D eigenvalue weighted by atomic mass is 10.1. The zero-order valence-electron chi connectivity index (χ0n) is 14.5. The van der Waals surface area contributed by atoms with E-state index in [2.05, 4.69) is 20.4 Å². The first-order valence-corrected chi connectivity index (χ1v) is 9.09. The number of rotatable bonds is 5. The fraction of sp³-hybridized carbons (Fsp3) is 0.353. The van der Waals surface area contributed by atoms with Gasteiger partial charge in [-0.15, -0.1) is 0 Å². The molecular weight excluding hydrogens is 354 g/mol. The van der Waals surface area contributed by atoms with E-state index in [9.17, 15) is 9.59 Å². The third-order valence-electron chi connectivity index (χ3n) is 3.73. The van der Waals surface area contributed by atoms with Crippen LogP contribution in [0.15, 0.2) is 33.3 Å². The molecule has 26 heavy (non-hydrogen) atoms. The van der Waals surface area contributed by atoms with Crippen LogP contribution < -0.4 is 5.32 Å². The monoisotopic (exact) mass is 373 g/mol. The molecule has 2 aliphatic rings. The zero-order chi connectivity index (χ0) is 18.7. The van der Waals surface area contributed by atoms with Gasteiger partial charge in [0.15, 0.2) is 5.17 Å². The summed E-state index contributed by atoms with van der Waals surface area (Å²) < 4.78 is 0. The van der Waals surface area contributed by atoms with Crippen molar-refractivity contribution in [3.05, 3.63) is 29.3 Å². The van der Waals surface area contributed by atoms with Crippen LogP contribution in [0.2, 0.25) is 0 Å². The van der Waals surface area contributed by atoms with Crippen molar-refractivity contribution in [3.63, 3.8) is 0 Å². The molecule has 0 aliphatic carbocycles. The van der Waals surface area contributed by atoms with Crippen LogP contribution in [0.1, 0.15) is 11.1 Å². The Bertz CT molecular complexity index is 813. The van der Waals surface area contributed by atoms with Crippen molar-refractivity contribution in [2.24, 2.45) is 21.0 Å². The molecule has 2 N–H and O–H groups in total. The first-order valence-electron chi connectivity index (χ1n) is 8.11. The SMILES string of the molecule is Cc1cc(C)cc(NC(=O)CSC2=NC(=O)C3C=NN(CCO)C3=N2)c1. The van der Waals surface area contributed by atoms with Crippen LogP contribution >= 0.6 is 11.8 Å². The minimum Gasteiger partial charge on any atom is -0.394 e. The molecule has 1 atom stereocenters. The summed E-state index contributed by atoms with van der Waals surface area (Å²) in [4.78, 5) is 32.5. The van der Waals surface area contributed by atoms with Crippen molar-refractivity contribution < 1.29 is 14.7 Å². The maximum Gasteiger partial charge on any atom is 0.264 e. The minimum atomic E-state index is -0.602. The summed E-state index contributed by atoms with van der Waals surface area (Å²) in [5, 5.41) is 17.7. The van der Waals surface area contributed by atoms with Crippen LogP contribution in [0.3, 0.4) is 0 Å². The third-order valence-corrected chi connectivity index (χ3v) is 4.58. The van der Waals surface area contributed by atoms with Crippen LogP contribution in [-0.4, -0.2) is 58.1 Å². The standard InChI is InChI=1S/C17H19N5O3S/c1-10-5-11(2)7-12(6-10)19-14(24)9-26-17-20-15-13(16(25)21-17)8-18-22(15)3-4-23/h5-8,13,23H,3-4,9H2,1-2H3,(H,19,24). The molecule has 0 fully saturated rings. The number of nitrogens with one attached hydrogen (secondary N) is 1. The van der Waals surface area contributed by atoms with E-state index in [4.69, 9.17) is 5.11 Å². The first kappa shape index (κ1) is 18.3. The average molecular weight is 373 g/mol. The van der Waals surface area contributed by atoms with Crippen molar-refractivity contribution >= 4 is 46.5 Å². The number of aliphatic hydroxyl groups excluding tert-OH is 1. The van der Waals surface area contributed by atoms with Crippen LogP contribution in [0, 0.1) is 19.8 Å². The maximum atomic E-state index is 12.2. The van der Waals surface area contributed by atoms with E-state index in [1.165, 1.54) is 11.2 Å². The summed E-state index contributed by atoms with van der Waals surface area (Å²) in [6.07, 6.45) is 1.47. The number of hydrogen-bond acceptors (Lipinski definition) is 7. The van der Waals surface area contributed by atoms with Crippen molar-refractivity contribution in [1.29, 1.82) is 0 Å². The molecule has 136 valence electrons. The van der Waals surface area contributed by atoms with E-state index in [1.54, 1.807) is 0 Å². The van der Waals surface area contributed by atoms with Gasteiger partial charge in [-0.2, -0.15) is 10.1 Å². The molecular formula is C17H19N5O3S. The van der Waals surface area contributed by atoms with Crippen molar-refractivity contribution in [1.82, 2.24) is 5.01 Å². The van der Waals surface area contributed by atoms with Gasteiger partial charge in [-0.1, -0.05) is 17.8 Å². The Labute approximate surface area is 155 Å². The number of hydrazone groups is 1. The summed E-state index contributed by atoms with van der Waals surface area (Å²) in [7, 11) is 0. The fourth-order valence-corrected chi connectivity index (χ4v) is 3.37. The van der Waals surface area contributed by atoms with E-state index in [1.807, 2.05) is 32.0 Å². The number of thioether (sulfide) groups is 1. The molecule has 0 saturated heterocycles. The summed E-state index contributed by atoms with van der Waals surface area (Å²) in [6, 6.07) is 5.82. The predicted molar refractivity (Wildman–Crippen MR) is 103 cm³/mol. The number of β-amino-alcohol motifs (C(OH)–C–C–N with tert-alkyl or cyclic N) is 1. The molecule has 0 radical (unpaired) electrons. The number of amides is 2. The highest BCUT2D eigenvalue weighted by Gasteiger charge is 2.35. The van der Waals surface area contributed by atoms with Gasteiger partial charge >= 0.3 is 0 Å². The van der Waals surface area contributed by atoms with E-state index in [0.717, 1.165) is 28.6 Å². The van der Waals surface area contributed by atoms with E-state index < -0.39 is 5.92 Å². The average Bonchev–Trinajstić information content (AvgIpc) is 2.96. The Balaban J connectivity index is 1.61. The van der Waals surface area contributed by atoms with Crippen LogP contribution in [-0.2, 0) is 9.59 Å². The lowest BCUT2D eigenvalue weighted by molar-refractivity contribution is -0.118. The number of benzene rings is 1. The molecule has 1 unspecified atom stereocenters. The summed E-state index contributed by atoms with van der Waals surface area (Å²) >= 11 is 1.09. The number of aryl methyl sites for hydroxylation is 2. The van der Waals surface area contributed by atoms with E-state index >= 15 is 0 Å². The Morgan fingerprint density at radius 1 is 1.27 bits per heavy atom. The fourth-order valence-electron chi connectivity index (χ4n) is 2.73.